The Morgan fingerprint density at radius 1 is 0.938 bits per heavy atom. The SMILES string of the molecule is CC(C)(C)OC(=O)N[C@@H](C(=O)N1CCC(CC(=O)N2CCNCC2)CC1)C1CCCCC1. The number of piperidine rings is 1. The highest BCUT2D eigenvalue weighted by atomic mass is 16.6. The van der Waals surface area contributed by atoms with Gasteiger partial charge in [0.05, 0.1) is 0 Å². The van der Waals surface area contributed by atoms with Crippen LogP contribution in [0, 0.1) is 11.8 Å². The minimum atomic E-state index is -0.598. The van der Waals surface area contributed by atoms with Crippen LogP contribution in [0.25, 0.3) is 0 Å². The van der Waals surface area contributed by atoms with Crippen molar-refractivity contribution in [3.05, 3.63) is 0 Å². The van der Waals surface area contributed by atoms with E-state index in [1.165, 1.54) is 6.42 Å². The highest BCUT2D eigenvalue weighted by Crippen LogP contribution is 2.29. The van der Waals surface area contributed by atoms with E-state index >= 15 is 0 Å². The first-order valence-electron chi connectivity index (χ1n) is 12.5. The van der Waals surface area contributed by atoms with Gasteiger partial charge in [0, 0.05) is 45.7 Å². The van der Waals surface area contributed by atoms with Crippen LogP contribution in [0.5, 0.6) is 0 Å². The van der Waals surface area contributed by atoms with Crippen LogP contribution >= 0.6 is 0 Å². The van der Waals surface area contributed by atoms with Gasteiger partial charge in [-0.2, -0.15) is 0 Å². The Labute approximate surface area is 192 Å². The molecule has 1 atom stereocenters. The number of piperazine rings is 1. The van der Waals surface area contributed by atoms with Gasteiger partial charge in [-0.3, -0.25) is 9.59 Å². The molecule has 8 heteroatoms. The predicted molar refractivity (Wildman–Crippen MR) is 123 cm³/mol. The van der Waals surface area contributed by atoms with E-state index in [-0.39, 0.29) is 17.7 Å². The molecule has 2 aliphatic heterocycles. The van der Waals surface area contributed by atoms with Crippen molar-refractivity contribution in [1.29, 1.82) is 0 Å². The number of ether oxygens (including phenoxy) is 1. The first-order valence-corrected chi connectivity index (χ1v) is 12.5. The van der Waals surface area contributed by atoms with E-state index < -0.39 is 17.7 Å². The van der Waals surface area contributed by atoms with E-state index in [1.54, 1.807) is 0 Å². The number of amides is 3. The van der Waals surface area contributed by atoms with Crippen molar-refractivity contribution in [2.24, 2.45) is 11.8 Å². The van der Waals surface area contributed by atoms with Gasteiger partial charge in [0.25, 0.3) is 0 Å². The molecule has 3 fully saturated rings. The standard InChI is InChI=1S/C24H42N4O4/c1-24(2,3)32-23(31)26-21(19-7-5-4-6-8-19)22(30)28-13-9-18(10-14-28)17-20(29)27-15-11-25-12-16-27/h18-19,21,25H,4-17H2,1-3H3,(H,26,31)/t21-/m1/s1. The highest BCUT2D eigenvalue weighted by Gasteiger charge is 2.36. The summed E-state index contributed by atoms with van der Waals surface area (Å²) in [6.07, 6.45) is 7.05. The molecule has 2 heterocycles. The molecule has 0 radical (unpaired) electrons. The summed E-state index contributed by atoms with van der Waals surface area (Å²) in [6, 6.07) is -0.524. The Hall–Kier alpha value is -1.83. The van der Waals surface area contributed by atoms with Crippen molar-refractivity contribution in [3.63, 3.8) is 0 Å². The normalized spacial score (nSPS) is 22.3. The zero-order valence-corrected chi connectivity index (χ0v) is 20.2. The summed E-state index contributed by atoms with van der Waals surface area (Å²) in [5.74, 6) is 0.738. The second kappa shape index (κ2) is 11.3. The number of nitrogens with one attached hydrogen (secondary N) is 2. The fraction of sp³-hybridized carbons (Fsp3) is 0.875. The van der Waals surface area contributed by atoms with Gasteiger partial charge in [0.1, 0.15) is 11.6 Å². The Morgan fingerprint density at radius 2 is 1.56 bits per heavy atom. The van der Waals surface area contributed by atoms with E-state index in [0.29, 0.717) is 25.4 Å². The molecule has 2 N–H and O–H groups in total. The molecule has 2 saturated heterocycles. The van der Waals surface area contributed by atoms with Gasteiger partial charge >= 0.3 is 6.09 Å². The first kappa shape index (κ1) is 24.8. The number of alkyl carbamates (subject to hydrolysis) is 1. The van der Waals surface area contributed by atoms with Gasteiger partial charge in [-0.05, 0) is 58.3 Å². The molecule has 3 rings (SSSR count). The molecular formula is C24H42N4O4. The van der Waals surface area contributed by atoms with Crippen LogP contribution in [0.1, 0.15) is 72.1 Å². The maximum absolute atomic E-state index is 13.4. The second-order valence-electron chi connectivity index (χ2n) is 10.6. The van der Waals surface area contributed by atoms with Crippen molar-refractivity contribution < 1.29 is 19.1 Å². The maximum atomic E-state index is 13.4. The third kappa shape index (κ3) is 7.36. The molecule has 182 valence electrons. The Morgan fingerprint density at radius 3 is 2.16 bits per heavy atom. The highest BCUT2D eigenvalue weighted by molar-refractivity contribution is 5.86. The van der Waals surface area contributed by atoms with Crippen molar-refractivity contribution in [3.8, 4) is 0 Å². The van der Waals surface area contributed by atoms with Crippen LogP contribution in [0.3, 0.4) is 0 Å². The molecule has 3 aliphatic rings. The third-order valence-electron chi connectivity index (χ3n) is 6.92. The van der Waals surface area contributed by atoms with Crippen LogP contribution in [0.4, 0.5) is 4.79 Å². The average Bonchev–Trinajstić information content (AvgIpc) is 2.77. The molecule has 0 unspecified atom stereocenters. The smallest absolute Gasteiger partial charge is 0.408 e. The van der Waals surface area contributed by atoms with Gasteiger partial charge in [-0.25, -0.2) is 4.79 Å². The Balaban J connectivity index is 1.54. The molecule has 32 heavy (non-hydrogen) atoms. The van der Waals surface area contributed by atoms with Crippen LogP contribution in [0.15, 0.2) is 0 Å². The maximum Gasteiger partial charge on any atom is 0.408 e. The lowest BCUT2D eigenvalue weighted by molar-refractivity contribution is -0.137. The fourth-order valence-electron chi connectivity index (χ4n) is 5.13. The first-order chi connectivity index (χ1) is 15.2. The van der Waals surface area contributed by atoms with Crippen molar-refractivity contribution in [2.75, 3.05) is 39.3 Å². The Bertz CT molecular complexity index is 643. The van der Waals surface area contributed by atoms with Gasteiger partial charge in [-0.1, -0.05) is 19.3 Å². The van der Waals surface area contributed by atoms with Crippen LogP contribution in [-0.4, -0.2) is 78.6 Å². The number of carbonyl (C=O) groups is 3. The number of nitrogens with zero attached hydrogens (tertiary/aromatic N) is 2. The Kier molecular flexibility index (Phi) is 8.79. The van der Waals surface area contributed by atoms with Crippen molar-refractivity contribution in [2.45, 2.75) is 83.8 Å². The number of rotatable bonds is 5. The number of hydrogen-bond donors (Lipinski definition) is 2. The second-order valence-corrected chi connectivity index (χ2v) is 10.6. The number of likely N-dealkylation sites (tertiary alicyclic amines) is 1. The van der Waals surface area contributed by atoms with E-state index in [9.17, 15) is 14.4 Å². The zero-order chi connectivity index (χ0) is 23.1. The summed E-state index contributed by atoms with van der Waals surface area (Å²) in [6.45, 7) is 10.1. The summed E-state index contributed by atoms with van der Waals surface area (Å²) in [7, 11) is 0. The van der Waals surface area contributed by atoms with Gasteiger partial charge < -0.3 is 25.2 Å². The van der Waals surface area contributed by atoms with E-state index in [1.807, 2.05) is 30.6 Å². The largest absolute Gasteiger partial charge is 0.444 e. The molecule has 0 aromatic rings. The number of carbonyl (C=O) groups excluding carboxylic acids is 3. The topological polar surface area (TPSA) is 91.0 Å². The summed E-state index contributed by atoms with van der Waals surface area (Å²) in [5, 5.41) is 6.19. The molecule has 1 saturated carbocycles. The van der Waals surface area contributed by atoms with Gasteiger partial charge in [0.15, 0.2) is 0 Å². The van der Waals surface area contributed by atoms with Crippen LogP contribution in [0.2, 0.25) is 0 Å². The third-order valence-corrected chi connectivity index (χ3v) is 6.92. The summed E-state index contributed by atoms with van der Waals surface area (Å²) in [4.78, 5) is 42.4. The average molecular weight is 451 g/mol. The van der Waals surface area contributed by atoms with Gasteiger partial charge in [0.2, 0.25) is 11.8 Å². The minimum absolute atomic E-state index is 0.00893. The molecule has 0 spiro atoms. The molecule has 8 nitrogen and oxygen atoms in total. The lowest BCUT2D eigenvalue weighted by Crippen LogP contribution is -2.55. The van der Waals surface area contributed by atoms with E-state index in [2.05, 4.69) is 10.6 Å². The summed E-state index contributed by atoms with van der Waals surface area (Å²) < 4.78 is 5.45. The summed E-state index contributed by atoms with van der Waals surface area (Å²) >= 11 is 0. The van der Waals surface area contributed by atoms with Crippen molar-refractivity contribution >= 4 is 17.9 Å². The van der Waals surface area contributed by atoms with E-state index in [4.69, 9.17) is 4.74 Å². The monoisotopic (exact) mass is 450 g/mol. The molecular weight excluding hydrogens is 408 g/mol. The van der Waals surface area contributed by atoms with Crippen LogP contribution < -0.4 is 10.6 Å². The minimum Gasteiger partial charge on any atom is -0.444 e. The lowest BCUT2D eigenvalue weighted by atomic mass is 9.83. The molecule has 1 aliphatic carbocycles. The fourth-order valence-corrected chi connectivity index (χ4v) is 5.13. The molecule has 0 aromatic carbocycles. The zero-order valence-electron chi connectivity index (χ0n) is 20.2. The molecule has 3 amide bonds. The van der Waals surface area contributed by atoms with Gasteiger partial charge in [-0.15, -0.1) is 0 Å². The van der Waals surface area contributed by atoms with Crippen molar-refractivity contribution in [1.82, 2.24) is 20.4 Å². The predicted octanol–water partition coefficient (Wildman–Crippen LogP) is 2.52. The summed E-state index contributed by atoms with van der Waals surface area (Å²) in [5.41, 5.74) is -0.598. The van der Waals surface area contributed by atoms with E-state index in [0.717, 1.165) is 64.7 Å². The quantitative estimate of drug-likeness (QED) is 0.672. The molecule has 0 bridgehead atoms. The van der Waals surface area contributed by atoms with Crippen LogP contribution in [-0.2, 0) is 14.3 Å². The number of hydrogen-bond acceptors (Lipinski definition) is 5. The molecule has 0 aromatic heterocycles. The lowest BCUT2D eigenvalue weighted by Gasteiger charge is -2.38.